The van der Waals surface area contributed by atoms with Crippen LogP contribution in [0, 0.1) is 0 Å². The van der Waals surface area contributed by atoms with Crippen LogP contribution < -0.4 is 0 Å². The highest BCUT2D eigenvalue weighted by atomic mass is 16.7. The van der Waals surface area contributed by atoms with E-state index in [2.05, 4.69) is 18.9 Å². The molecule has 90 valence electrons. The van der Waals surface area contributed by atoms with Gasteiger partial charge in [-0.1, -0.05) is 13.8 Å². The van der Waals surface area contributed by atoms with Crippen LogP contribution in [0.4, 0.5) is 0 Å². The maximum atomic E-state index is 11.9. The van der Waals surface area contributed by atoms with Crippen molar-refractivity contribution in [2.24, 2.45) is 0 Å². The second-order valence-electron chi connectivity index (χ2n) is 3.91. The molecule has 0 aliphatic carbocycles. The molecule has 1 aromatic heterocycles. The maximum Gasteiger partial charge on any atom is 0.295 e. The molecule has 0 saturated heterocycles. The zero-order valence-corrected chi connectivity index (χ0v) is 10.5. The molecule has 0 aromatic carbocycles. The first-order valence-corrected chi connectivity index (χ1v) is 5.41. The van der Waals surface area contributed by atoms with Crippen molar-refractivity contribution in [2.75, 3.05) is 14.2 Å². The Morgan fingerprint density at radius 1 is 1.62 bits per heavy atom. The van der Waals surface area contributed by atoms with E-state index in [4.69, 9.17) is 4.84 Å². The summed E-state index contributed by atoms with van der Waals surface area (Å²) in [5.41, 5.74) is 1.49. The van der Waals surface area contributed by atoms with Crippen molar-refractivity contribution in [1.29, 1.82) is 0 Å². The molecule has 1 aromatic rings. The Balaban J connectivity index is 3.07. The number of aryl methyl sites for hydroxylation is 1. The highest BCUT2D eigenvalue weighted by Crippen LogP contribution is 2.15. The number of nitrogens with zero attached hydrogens (tertiary/aromatic N) is 3. The van der Waals surface area contributed by atoms with Crippen LogP contribution in [0.1, 0.15) is 42.9 Å². The minimum atomic E-state index is -0.177. The quantitative estimate of drug-likeness (QED) is 0.732. The molecule has 0 bridgehead atoms. The van der Waals surface area contributed by atoms with E-state index in [1.165, 1.54) is 12.2 Å². The van der Waals surface area contributed by atoms with Gasteiger partial charge in [-0.05, 0) is 18.9 Å². The van der Waals surface area contributed by atoms with Gasteiger partial charge in [-0.2, -0.15) is 5.10 Å². The third-order valence-electron chi connectivity index (χ3n) is 2.47. The highest BCUT2D eigenvalue weighted by molar-refractivity contribution is 5.91. The van der Waals surface area contributed by atoms with Gasteiger partial charge in [-0.15, -0.1) is 0 Å². The van der Waals surface area contributed by atoms with Crippen molar-refractivity contribution in [3.63, 3.8) is 0 Å². The lowest BCUT2D eigenvalue weighted by atomic mass is 10.1. The maximum absolute atomic E-state index is 11.9. The zero-order valence-electron chi connectivity index (χ0n) is 10.5. The summed E-state index contributed by atoms with van der Waals surface area (Å²) in [6, 6.07) is 1.83. The summed E-state index contributed by atoms with van der Waals surface area (Å²) in [5.74, 6) is 0.135. The zero-order chi connectivity index (χ0) is 12.3. The molecular formula is C11H19N3O2. The van der Waals surface area contributed by atoms with E-state index in [0.29, 0.717) is 18.2 Å². The molecular weight excluding hydrogens is 206 g/mol. The summed E-state index contributed by atoms with van der Waals surface area (Å²) in [6.07, 6.45) is 0. The number of hydrogen-bond acceptors (Lipinski definition) is 3. The molecule has 5 heteroatoms. The monoisotopic (exact) mass is 225 g/mol. The van der Waals surface area contributed by atoms with Gasteiger partial charge in [-0.25, -0.2) is 5.06 Å². The summed E-state index contributed by atoms with van der Waals surface area (Å²) in [5, 5.41) is 5.58. The third kappa shape index (κ3) is 2.41. The lowest BCUT2D eigenvalue weighted by Gasteiger charge is -2.13. The van der Waals surface area contributed by atoms with E-state index >= 15 is 0 Å². The Morgan fingerprint density at radius 3 is 2.69 bits per heavy atom. The summed E-state index contributed by atoms with van der Waals surface area (Å²) < 4.78 is 1.70. The fourth-order valence-corrected chi connectivity index (χ4v) is 1.38. The van der Waals surface area contributed by atoms with Gasteiger partial charge >= 0.3 is 0 Å². The Kier molecular flexibility index (Phi) is 4.06. The second kappa shape index (κ2) is 5.12. The first kappa shape index (κ1) is 12.7. The van der Waals surface area contributed by atoms with Crippen LogP contribution in [-0.4, -0.2) is 34.9 Å². The summed E-state index contributed by atoms with van der Waals surface area (Å²) in [6.45, 7) is 6.74. The largest absolute Gasteiger partial charge is 0.295 e. The predicted molar refractivity (Wildman–Crippen MR) is 61.1 cm³/mol. The van der Waals surface area contributed by atoms with E-state index < -0.39 is 0 Å². The number of carbonyl (C=O) groups is 1. The van der Waals surface area contributed by atoms with Gasteiger partial charge in [0.2, 0.25) is 0 Å². The van der Waals surface area contributed by atoms with Gasteiger partial charge < -0.3 is 0 Å². The highest BCUT2D eigenvalue weighted by Gasteiger charge is 2.19. The van der Waals surface area contributed by atoms with Crippen molar-refractivity contribution >= 4 is 5.91 Å². The molecule has 0 unspecified atom stereocenters. The van der Waals surface area contributed by atoms with Crippen LogP contribution in [0.2, 0.25) is 0 Å². The molecule has 0 spiro atoms. The summed E-state index contributed by atoms with van der Waals surface area (Å²) >= 11 is 0. The van der Waals surface area contributed by atoms with Crippen LogP contribution in [-0.2, 0) is 11.4 Å². The Labute approximate surface area is 95.9 Å². The van der Waals surface area contributed by atoms with Gasteiger partial charge in [0, 0.05) is 13.6 Å². The van der Waals surface area contributed by atoms with Crippen LogP contribution in [0.15, 0.2) is 6.07 Å². The first-order valence-electron chi connectivity index (χ1n) is 5.41. The number of aromatic nitrogens is 2. The van der Waals surface area contributed by atoms with E-state index in [9.17, 15) is 4.79 Å². The molecule has 1 amide bonds. The standard InChI is InChI=1S/C11H19N3O2/c1-6-14-10(11(15)13(4)16-5)7-9(12-14)8(2)3/h7-8H,6H2,1-5H3. The first-order chi connectivity index (χ1) is 7.51. The minimum absolute atomic E-state index is 0.177. The molecule has 0 atom stereocenters. The second-order valence-corrected chi connectivity index (χ2v) is 3.91. The van der Waals surface area contributed by atoms with Crippen molar-refractivity contribution in [3.05, 3.63) is 17.5 Å². The SMILES string of the molecule is CCn1nc(C(C)C)cc1C(=O)N(C)OC. The van der Waals surface area contributed by atoms with Gasteiger partial charge in [0.15, 0.2) is 0 Å². The van der Waals surface area contributed by atoms with E-state index in [0.717, 1.165) is 5.69 Å². The van der Waals surface area contributed by atoms with Crippen LogP contribution in [0.25, 0.3) is 0 Å². The summed E-state index contributed by atoms with van der Waals surface area (Å²) in [4.78, 5) is 16.8. The fourth-order valence-electron chi connectivity index (χ4n) is 1.38. The third-order valence-corrected chi connectivity index (χ3v) is 2.47. The fraction of sp³-hybridized carbons (Fsp3) is 0.636. The van der Waals surface area contributed by atoms with Gasteiger partial charge in [-0.3, -0.25) is 14.3 Å². The molecule has 0 saturated carbocycles. The van der Waals surface area contributed by atoms with Crippen LogP contribution in [0.3, 0.4) is 0 Å². The normalized spacial score (nSPS) is 10.9. The molecule has 0 aliphatic heterocycles. The number of amides is 1. The van der Waals surface area contributed by atoms with E-state index in [1.807, 2.05) is 13.0 Å². The molecule has 1 rings (SSSR count). The number of hydroxylamine groups is 2. The Morgan fingerprint density at radius 2 is 2.25 bits per heavy atom. The van der Waals surface area contributed by atoms with Gasteiger partial charge in [0.05, 0.1) is 12.8 Å². The number of rotatable bonds is 4. The Hall–Kier alpha value is -1.36. The van der Waals surface area contributed by atoms with E-state index in [-0.39, 0.29) is 5.91 Å². The van der Waals surface area contributed by atoms with E-state index in [1.54, 1.807) is 11.7 Å². The topological polar surface area (TPSA) is 47.4 Å². The average Bonchev–Trinajstić information content (AvgIpc) is 2.70. The van der Waals surface area contributed by atoms with Crippen LogP contribution in [0.5, 0.6) is 0 Å². The van der Waals surface area contributed by atoms with Crippen molar-refractivity contribution in [1.82, 2.24) is 14.8 Å². The van der Waals surface area contributed by atoms with Gasteiger partial charge in [0.25, 0.3) is 5.91 Å². The van der Waals surface area contributed by atoms with Crippen LogP contribution >= 0.6 is 0 Å². The summed E-state index contributed by atoms with van der Waals surface area (Å²) in [7, 11) is 3.05. The lowest BCUT2D eigenvalue weighted by Crippen LogP contribution is -2.27. The average molecular weight is 225 g/mol. The molecule has 5 nitrogen and oxygen atoms in total. The minimum Gasteiger partial charge on any atom is -0.274 e. The van der Waals surface area contributed by atoms with Gasteiger partial charge in [0.1, 0.15) is 5.69 Å². The number of carbonyl (C=O) groups excluding carboxylic acids is 1. The number of hydrogen-bond donors (Lipinski definition) is 0. The smallest absolute Gasteiger partial charge is 0.274 e. The molecule has 0 fully saturated rings. The Bertz CT molecular complexity index is 371. The van der Waals surface area contributed by atoms with Crippen molar-refractivity contribution in [3.8, 4) is 0 Å². The van der Waals surface area contributed by atoms with Crippen molar-refractivity contribution < 1.29 is 9.63 Å². The molecule has 0 N–H and O–H groups in total. The lowest BCUT2D eigenvalue weighted by molar-refractivity contribution is -0.0763. The predicted octanol–water partition coefficient (Wildman–Crippen LogP) is 1.66. The molecule has 0 aliphatic rings. The molecule has 0 radical (unpaired) electrons. The molecule has 16 heavy (non-hydrogen) atoms. The molecule has 1 heterocycles. The van der Waals surface area contributed by atoms with Crippen molar-refractivity contribution in [2.45, 2.75) is 33.2 Å².